The molecule has 0 aromatic rings. The summed E-state index contributed by atoms with van der Waals surface area (Å²) < 4.78 is 0. The molecule has 0 spiro atoms. The van der Waals surface area contributed by atoms with Crippen molar-refractivity contribution in [1.82, 2.24) is 10.2 Å². The van der Waals surface area contributed by atoms with E-state index in [2.05, 4.69) is 24.1 Å². The molecular weight excluding hydrogens is 298 g/mol. The molecule has 1 saturated carbocycles. The minimum absolute atomic E-state index is 0. The smallest absolute Gasteiger partial charge is 0.237 e. The van der Waals surface area contributed by atoms with E-state index in [1.165, 1.54) is 32.1 Å². The maximum Gasteiger partial charge on any atom is 0.237 e. The third kappa shape index (κ3) is 5.39. The standard InChI is InChI=1S/C17H33N3O.ClH/c1-3-13(2)16(18)17(21)19-14-9-11-20(12-10-14)15-7-5-4-6-8-15;/h13-16H,3-12,18H2,1-2H3,(H,19,21);1H. The van der Waals surface area contributed by atoms with E-state index >= 15 is 0 Å². The lowest BCUT2D eigenvalue weighted by Crippen LogP contribution is -2.52. The van der Waals surface area contributed by atoms with Crippen LogP contribution in [-0.4, -0.2) is 42.0 Å². The lowest BCUT2D eigenvalue weighted by Gasteiger charge is -2.39. The van der Waals surface area contributed by atoms with Gasteiger partial charge in [0.1, 0.15) is 0 Å². The highest BCUT2D eigenvalue weighted by atomic mass is 35.5. The Balaban J connectivity index is 0.00000242. The van der Waals surface area contributed by atoms with Crippen LogP contribution >= 0.6 is 12.4 Å². The Morgan fingerprint density at radius 2 is 1.77 bits per heavy atom. The van der Waals surface area contributed by atoms with Gasteiger partial charge in [-0.2, -0.15) is 0 Å². The zero-order valence-corrected chi connectivity index (χ0v) is 15.0. The number of hydrogen-bond donors (Lipinski definition) is 2. The van der Waals surface area contributed by atoms with Gasteiger partial charge in [-0.15, -0.1) is 12.4 Å². The summed E-state index contributed by atoms with van der Waals surface area (Å²) in [5.74, 6) is 0.299. The Bertz CT molecular complexity index is 326. The molecule has 1 aliphatic carbocycles. The third-order valence-electron chi connectivity index (χ3n) is 5.53. The van der Waals surface area contributed by atoms with Crippen LogP contribution in [-0.2, 0) is 4.79 Å². The first-order valence-electron chi connectivity index (χ1n) is 8.91. The van der Waals surface area contributed by atoms with Crippen molar-refractivity contribution in [3.63, 3.8) is 0 Å². The maximum atomic E-state index is 12.1. The van der Waals surface area contributed by atoms with E-state index in [4.69, 9.17) is 5.73 Å². The number of halogens is 1. The predicted molar refractivity (Wildman–Crippen MR) is 94.3 cm³/mol. The van der Waals surface area contributed by atoms with E-state index in [9.17, 15) is 4.79 Å². The Morgan fingerprint density at radius 3 is 2.32 bits per heavy atom. The van der Waals surface area contributed by atoms with E-state index in [0.717, 1.165) is 38.4 Å². The van der Waals surface area contributed by atoms with E-state index < -0.39 is 0 Å². The van der Waals surface area contributed by atoms with Crippen LogP contribution in [0.15, 0.2) is 0 Å². The third-order valence-corrected chi connectivity index (χ3v) is 5.53. The first-order valence-corrected chi connectivity index (χ1v) is 8.91. The number of likely N-dealkylation sites (tertiary alicyclic amines) is 1. The lowest BCUT2D eigenvalue weighted by molar-refractivity contribution is -0.124. The molecule has 1 amide bonds. The van der Waals surface area contributed by atoms with E-state index in [1.807, 2.05) is 0 Å². The second-order valence-electron chi connectivity index (χ2n) is 7.02. The van der Waals surface area contributed by atoms with Gasteiger partial charge in [0.2, 0.25) is 5.91 Å². The molecule has 2 atom stereocenters. The second-order valence-corrected chi connectivity index (χ2v) is 7.02. The zero-order valence-electron chi connectivity index (χ0n) is 14.2. The number of amides is 1. The Morgan fingerprint density at radius 1 is 1.18 bits per heavy atom. The molecule has 2 fully saturated rings. The summed E-state index contributed by atoms with van der Waals surface area (Å²) in [6.45, 7) is 6.40. The predicted octanol–water partition coefficient (Wildman–Crippen LogP) is 2.69. The van der Waals surface area contributed by atoms with Crippen molar-refractivity contribution >= 4 is 18.3 Å². The number of hydrogen-bond acceptors (Lipinski definition) is 3. The van der Waals surface area contributed by atoms with Crippen molar-refractivity contribution in [2.24, 2.45) is 11.7 Å². The van der Waals surface area contributed by atoms with Crippen molar-refractivity contribution in [2.75, 3.05) is 13.1 Å². The molecule has 2 unspecified atom stereocenters. The number of nitrogens with one attached hydrogen (secondary N) is 1. The van der Waals surface area contributed by atoms with Crippen molar-refractivity contribution in [3.8, 4) is 0 Å². The number of nitrogens with two attached hydrogens (primary N) is 1. The van der Waals surface area contributed by atoms with Crippen molar-refractivity contribution in [1.29, 1.82) is 0 Å². The van der Waals surface area contributed by atoms with Gasteiger partial charge in [-0.05, 0) is 31.6 Å². The van der Waals surface area contributed by atoms with Gasteiger partial charge in [0.15, 0.2) is 0 Å². The molecule has 0 radical (unpaired) electrons. The second kappa shape index (κ2) is 9.74. The van der Waals surface area contributed by atoms with Gasteiger partial charge >= 0.3 is 0 Å². The molecule has 3 N–H and O–H groups in total. The largest absolute Gasteiger partial charge is 0.352 e. The molecule has 0 aromatic heterocycles. The fraction of sp³-hybridized carbons (Fsp3) is 0.941. The number of piperidine rings is 1. The SMILES string of the molecule is CCC(C)C(N)C(=O)NC1CCN(C2CCCCC2)CC1.Cl. The van der Waals surface area contributed by atoms with Gasteiger partial charge in [0.05, 0.1) is 6.04 Å². The van der Waals surface area contributed by atoms with Crippen LogP contribution in [0.4, 0.5) is 0 Å². The molecule has 2 rings (SSSR count). The molecule has 22 heavy (non-hydrogen) atoms. The molecule has 4 nitrogen and oxygen atoms in total. The number of carbonyl (C=O) groups is 1. The van der Waals surface area contributed by atoms with Gasteiger partial charge in [0.25, 0.3) is 0 Å². The molecule has 1 heterocycles. The van der Waals surface area contributed by atoms with Crippen molar-refractivity contribution in [2.45, 2.75) is 83.3 Å². The molecule has 1 aliphatic heterocycles. The van der Waals surface area contributed by atoms with Gasteiger partial charge in [-0.25, -0.2) is 0 Å². The maximum absolute atomic E-state index is 12.1. The van der Waals surface area contributed by atoms with Crippen LogP contribution in [0.5, 0.6) is 0 Å². The highest BCUT2D eigenvalue weighted by molar-refractivity contribution is 5.85. The Labute approximate surface area is 142 Å². The lowest BCUT2D eigenvalue weighted by atomic mass is 9.92. The number of rotatable bonds is 5. The summed E-state index contributed by atoms with van der Waals surface area (Å²) in [6, 6.07) is 0.775. The highest BCUT2D eigenvalue weighted by Crippen LogP contribution is 2.25. The van der Waals surface area contributed by atoms with Crippen LogP contribution in [0.2, 0.25) is 0 Å². The highest BCUT2D eigenvalue weighted by Gasteiger charge is 2.28. The topological polar surface area (TPSA) is 58.4 Å². The van der Waals surface area contributed by atoms with Gasteiger partial charge in [0, 0.05) is 25.2 Å². The molecule has 5 heteroatoms. The molecule has 0 bridgehead atoms. The Hall–Kier alpha value is -0.320. The summed E-state index contributed by atoms with van der Waals surface area (Å²) in [6.07, 6.45) is 10.1. The quantitative estimate of drug-likeness (QED) is 0.814. The van der Waals surface area contributed by atoms with E-state index in [1.54, 1.807) is 0 Å². The zero-order chi connectivity index (χ0) is 15.2. The summed E-state index contributed by atoms with van der Waals surface area (Å²) in [5, 5.41) is 3.17. The van der Waals surface area contributed by atoms with Crippen LogP contribution in [0, 0.1) is 5.92 Å². The van der Waals surface area contributed by atoms with Crippen molar-refractivity contribution < 1.29 is 4.79 Å². The molecule has 2 aliphatic rings. The summed E-state index contributed by atoms with van der Waals surface area (Å²) >= 11 is 0. The first-order chi connectivity index (χ1) is 10.1. The monoisotopic (exact) mass is 331 g/mol. The van der Waals surface area contributed by atoms with Crippen molar-refractivity contribution in [3.05, 3.63) is 0 Å². The summed E-state index contributed by atoms with van der Waals surface area (Å²) in [5.41, 5.74) is 6.01. The first kappa shape index (κ1) is 19.7. The fourth-order valence-corrected chi connectivity index (χ4v) is 3.66. The van der Waals surface area contributed by atoms with Crippen LogP contribution in [0.3, 0.4) is 0 Å². The average molecular weight is 332 g/mol. The van der Waals surface area contributed by atoms with E-state index in [0.29, 0.717) is 6.04 Å². The van der Waals surface area contributed by atoms with Gasteiger partial charge < -0.3 is 16.0 Å². The van der Waals surface area contributed by atoms with Crippen LogP contribution in [0.25, 0.3) is 0 Å². The Kier molecular flexibility index (Phi) is 8.73. The molecule has 1 saturated heterocycles. The normalized spacial score (nSPS) is 24.3. The number of nitrogens with zero attached hydrogens (tertiary/aromatic N) is 1. The summed E-state index contributed by atoms with van der Waals surface area (Å²) in [7, 11) is 0. The van der Waals surface area contributed by atoms with E-state index in [-0.39, 0.29) is 30.3 Å². The van der Waals surface area contributed by atoms with Crippen LogP contribution < -0.4 is 11.1 Å². The van der Waals surface area contributed by atoms with Gasteiger partial charge in [-0.1, -0.05) is 39.5 Å². The van der Waals surface area contributed by atoms with Gasteiger partial charge in [-0.3, -0.25) is 4.79 Å². The molecule has 0 aromatic carbocycles. The summed E-state index contributed by atoms with van der Waals surface area (Å²) in [4.78, 5) is 14.8. The molecule has 130 valence electrons. The number of carbonyl (C=O) groups excluding carboxylic acids is 1. The minimum Gasteiger partial charge on any atom is -0.352 e. The fourth-order valence-electron chi connectivity index (χ4n) is 3.66. The molecular formula is C17H34ClN3O. The van der Waals surface area contributed by atoms with Crippen LogP contribution in [0.1, 0.15) is 65.2 Å². The average Bonchev–Trinajstić information content (AvgIpc) is 2.54. The minimum atomic E-state index is -0.355.